The van der Waals surface area contributed by atoms with Gasteiger partial charge in [0.25, 0.3) is 11.8 Å². The van der Waals surface area contributed by atoms with Gasteiger partial charge in [-0.25, -0.2) is 9.97 Å². The van der Waals surface area contributed by atoms with Crippen LogP contribution in [0.3, 0.4) is 0 Å². The maximum atomic E-state index is 14.8. The highest BCUT2D eigenvalue weighted by atomic mass is 19.3. The van der Waals surface area contributed by atoms with Crippen LogP contribution in [0.25, 0.3) is 0 Å². The van der Waals surface area contributed by atoms with Crippen LogP contribution in [0, 0.1) is 11.3 Å². The fourth-order valence-electron chi connectivity index (χ4n) is 3.92. The van der Waals surface area contributed by atoms with Crippen LogP contribution in [0.1, 0.15) is 37.8 Å². The number of rotatable bonds is 5. The summed E-state index contributed by atoms with van der Waals surface area (Å²) in [6.45, 7) is 0.560. The van der Waals surface area contributed by atoms with E-state index in [4.69, 9.17) is 5.26 Å². The van der Waals surface area contributed by atoms with E-state index in [2.05, 4.69) is 20.4 Å². The lowest BCUT2D eigenvalue weighted by molar-refractivity contribution is 0.0328. The van der Waals surface area contributed by atoms with Crippen molar-refractivity contribution in [3.8, 4) is 6.07 Å². The molecule has 0 saturated heterocycles. The number of benzene rings is 2. The Balaban J connectivity index is 1.39. The summed E-state index contributed by atoms with van der Waals surface area (Å²) in [7, 11) is 0. The van der Waals surface area contributed by atoms with Gasteiger partial charge in [0.1, 0.15) is 5.69 Å². The van der Waals surface area contributed by atoms with E-state index in [1.165, 1.54) is 64.6 Å². The van der Waals surface area contributed by atoms with Gasteiger partial charge in [-0.05, 0) is 36.4 Å². The second kappa shape index (κ2) is 8.99. The van der Waals surface area contributed by atoms with Gasteiger partial charge in [-0.1, -0.05) is 18.2 Å². The molecule has 11 heteroatoms. The molecule has 0 spiro atoms. The zero-order chi connectivity index (χ0) is 25.3. The lowest BCUT2D eigenvalue weighted by atomic mass is 10.1. The number of halogens is 2. The summed E-state index contributed by atoms with van der Waals surface area (Å²) < 4.78 is 31.0. The van der Waals surface area contributed by atoms with Crippen LogP contribution in [0.15, 0.2) is 73.2 Å². The van der Waals surface area contributed by atoms with Gasteiger partial charge in [0, 0.05) is 35.9 Å². The Kier molecular flexibility index (Phi) is 5.69. The summed E-state index contributed by atoms with van der Waals surface area (Å²) in [5.74, 6) is -5.06. The molecule has 0 aliphatic carbocycles. The summed E-state index contributed by atoms with van der Waals surface area (Å²) in [6, 6.07) is 15.1. The van der Waals surface area contributed by atoms with E-state index in [0.29, 0.717) is 23.5 Å². The van der Waals surface area contributed by atoms with E-state index in [1.54, 1.807) is 18.2 Å². The number of carbonyl (C=O) groups is 2. The van der Waals surface area contributed by atoms with Gasteiger partial charge >= 0.3 is 5.92 Å². The average molecular weight is 485 g/mol. The molecular weight excluding hydrogens is 468 g/mol. The third-order valence-corrected chi connectivity index (χ3v) is 5.70. The number of amides is 2. The predicted molar refractivity (Wildman–Crippen MR) is 124 cm³/mol. The molecule has 3 heterocycles. The van der Waals surface area contributed by atoms with Crippen molar-refractivity contribution in [3.05, 3.63) is 101 Å². The summed E-state index contributed by atoms with van der Waals surface area (Å²) in [5, 5.41) is 15.9. The van der Waals surface area contributed by atoms with Crippen LogP contribution in [-0.2, 0) is 12.5 Å². The van der Waals surface area contributed by atoms with Gasteiger partial charge in [-0.15, -0.1) is 0 Å². The Bertz CT molecular complexity index is 1500. The maximum absolute atomic E-state index is 14.8. The number of aromatic nitrogens is 4. The molecule has 0 atom stereocenters. The van der Waals surface area contributed by atoms with Crippen molar-refractivity contribution < 1.29 is 18.4 Å². The van der Waals surface area contributed by atoms with Crippen LogP contribution in [0.2, 0.25) is 0 Å². The summed E-state index contributed by atoms with van der Waals surface area (Å²) >= 11 is 0. The zero-order valence-electron chi connectivity index (χ0n) is 18.6. The Labute approximate surface area is 203 Å². The van der Waals surface area contributed by atoms with E-state index in [0.717, 1.165) is 0 Å². The van der Waals surface area contributed by atoms with Gasteiger partial charge in [-0.3, -0.25) is 14.3 Å². The van der Waals surface area contributed by atoms with E-state index in [9.17, 15) is 18.4 Å². The smallest absolute Gasteiger partial charge is 0.322 e. The minimum atomic E-state index is -3.40. The fourth-order valence-corrected chi connectivity index (χ4v) is 3.92. The van der Waals surface area contributed by atoms with Crippen molar-refractivity contribution in [2.75, 3.05) is 16.8 Å². The highest BCUT2D eigenvalue weighted by Crippen LogP contribution is 2.34. The van der Waals surface area contributed by atoms with E-state index >= 15 is 0 Å². The molecule has 9 nitrogen and oxygen atoms in total. The number of alkyl halides is 2. The molecule has 0 bridgehead atoms. The number of hydrogen-bond acceptors (Lipinski definition) is 6. The average Bonchev–Trinajstić information content (AvgIpc) is 3.35. The molecule has 1 aliphatic rings. The number of carbonyl (C=O) groups excluding carboxylic acids is 2. The molecule has 5 rings (SSSR count). The lowest BCUT2D eigenvalue weighted by Crippen LogP contribution is -2.41. The molecule has 1 N–H and O–H groups in total. The first-order valence-electron chi connectivity index (χ1n) is 10.8. The van der Waals surface area contributed by atoms with Crippen LogP contribution in [0.5, 0.6) is 0 Å². The molecule has 4 aromatic rings. The van der Waals surface area contributed by atoms with Crippen molar-refractivity contribution >= 4 is 23.2 Å². The molecule has 2 amide bonds. The molecule has 0 radical (unpaired) electrons. The number of anilines is 2. The molecule has 0 fully saturated rings. The van der Waals surface area contributed by atoms with Crippen molar-refractivity contribution in [2.24, 2.45) is 0 Å². The predicted octanol–water partition coefficient (Wildman–Crippen LogP) is 3.60. The molecular formula is C25H17F2N7O2. The van der Waals surface area contributed by atoms with Gasteiger partial charge < -0.3 is 10.2 Å². The number of nitrogens with one attached hydrogen (secondary N) is 1. The van der Waals surface area contributed by atoms with Crippen molar-refractivity contribution in [1.82, 2.24) is 19.7 Å². The Morgan fingerprint density at radius 1 is 1.06 bits per heavy atom. The molecule has 1 aliphatic heterocycles. The first-order chi connectivity index (χ1) is 17.4. The molecule has 0 unspecified atom stereocenters. The minimum absolute atomic E-state index is 0.0661. The summed E-state index contributed by atoms with van der Waals surface area (Å²) in [5.41, 5.74) is 1.01. The van der Waals surface area contributed by atoms with Crippen molar-refractivity contribution in [3.63, 3.8) is 0 Å². The lowest BCUT2D eigenvalue weighted by Gasteiger charge is -2.28. The van der Waals surface area contributed by atoms with Gasteiger partial charge in [0.05, 0.1) is 29.9 Å². The van der Waals surface area contributed by atoms with Crippen LogP contribution in [-0.4, -0.2) is 38.1 Å². The molecule has 178 valence electrons. The molecule has 2 aromatic carbocycles. The van der Waals surface area contributed by atoms with Crippen LogP contribution in [0.4, 0.5) is 20.2 Å². The quantitative estimate of drug-likeness (QED) is 0.462. The van der Waals surface area contributed by atoms with E-state index < -0.39 is 23.6 Å². The highest BCUT2D eigenvalue weighted by molar-refractivity contribution is 6.15. The van der Waals surface area contributed by atoms with Gasteiger partial charge in [0.2, 0.25) is 5.82 Å². The van der Waals surface area contributed by atoms with Crippen LogP contribution >= 0.6 is 0 Å². The van der Waals surface area contributed by atoms with E-state index in [-0.39, 0.29) is 23.4 Å². The normalized spacial score (nSPS) is 13.1. The highest BCUT2D eigenvalue weighted by Gasteiger charge is 2.38. The molecule has 36 heavy (non-hydrogen) atoms. The second-order valence-corrected chi connectivity index (χ2v) is 7.93. The largest absolute Gasteiger partial charge is 0.331 e. The number of hydrogen-bond donors (Lipinski definition) is 1. The number of nitrogens with zero attached hydrogens (tertiary/aromatic N) is 6. The minimum Gasteiger partial charge on any atom is -0.322 e. The Morgan fingerprint density at radius 2 is 1.81 bits per heavy atom. The Hall–Kier alpha value is -4.98. The van der Waals surface area contributed by atoms with Crippen molar-refractivity contribution in [2.45, 2.75) is 12.5 Å². The zero-order valence-corrected chi connectivity index (χ0v) is 18.6. The first-order valence-corrected chi connectivity index (χ1v) is 10.8. The second-order valence-electron chi connectivity index (χ2n) is 7.93. The third kappa shape index (κ3) is 4.05. The summed E-state index contributed by atoms with van der Waals surface area (Å²) in [4.78, 5) is 34.9. The monoisotopic (exact) mass is 485 g/mol. The topological polar surface area (TPSA) is 117 Å². The SMILES string of the molecule is N#Cc1cccc(NC(=O)c2cnn3c2C(=O)N(c2ccc(C(F)(F)c4ncccn4)cc2)CC3)c1. The molecule has 2 aromatic heterocycles. The van der Waals surface area contributed by atoms with E-state index in [1.807, 2.05) is 6.07 Å². The molecule has 0 saturated carbocycles. The van der Waals surface area contributed by atoms with Crippen LogP contribution < -0.4 is 10.2 Å². The number of nitriles is 1. The maximum Gasteiger partial charge on any atom is 0.331 e. The van der Waals surface area contributed by atoms with Gasteiger partial charge in [-0.2, -0.15) is 19.1 Å². The third-order valence-electron chi connectivity index (χ3n) is 5.70. The van der Waals surface area contributed by atoms with Gasteiger partial charge in [0.15, 0.2) is 0 Å². The fraction of sp³-hybridized carbons (Fsp3) is 0.120. The van der Waals surface area contributed by atoms with Crippen molar-refractivity contribution in [1.29, 1.82) is 5.26 Å². The summed E-state index contributed by atoms with van der Waals surface area (Å²) in [6.07, 6.45) is 3.80. The first kappa shape index (κ1) is 22.8. The number of fused-ring (bicyclic) bond motifs is 1. The standard InChI is InChI=1S/C25H17F2N7O2/c26-25(27,24-29-9-2-10-30-24)17-5-7-19(8-6-17)33-11-12-34-21(23(33)36)20(15-31-34)22(35)32-18-4-1-3-16(13-18)14-28/h1-10,13,15H,11-12H2,(H,32,35). The Morgan fingerprint density at radius 3 is 2.53 bits per heavy atom.